The molecule has 0 aliphatic heterocycles. The summed E-state index contributed by atoms with van der Waals surface area (Å²) in [7, 11) is 0. The van der Waals surface area contributed by atoms with Crippen molar-refractivity contribution in [1.82, 2.24) is 0 Å². The van der Waals surface area contributed by atoms with E-state index < -0.39 is 40.7 Å². The number of aromatic carboxylic acids is 1. The lowest BCUT2D eigenvalue weighted by Gasteiger charge is -2.11. The van der Waals surface area contributed by atoms with E-state index in [1.165, 1.54) is 0 Å². The molecular formula is C8H2F6O2. The quantitative estimate of drug-likeness (QED) is 0.609. The number of benzene rings is 1. The third kappa shape index (κ3) is 1.95. The summed E-state index contributed by atoms with van der Waals surface area (Å²) < 4.78 is 74.4. The number of alkyl halides is 3. The van der Waals surface area contributed by atoms with Crippen molar-refractivity contribution in [3.63, 3.8) is 0 Å². The summed E-state index contributed by atoms with van der Waals surface area (Å²) in [5, 5.41) is 8.31. The van der Waals surface area contributed by atoms with Gasteiger partial charge in [0.1, 0.15) is 5.56 Å². The number of carboxylic acid groups (broad SMARTS) is 1. The van der Waals surface area contributed by atoms with Gasteiger partial charge in [-0.25, -0.2) is 18.0 Å². The molecule has 8 heteroatoms. The van der Waals surface area contributed by atoms with E-state index in [1.54, 1.807) is 0 Å². The standard InChI is InChI=1S/C8H2F6O2/c9-3-1-2(7(15)16)4(8(12,13)14)6(11)5(3)10/h1H,(H,15,16). The first-order chi connectivity index (χ1) is 7.16. The van der Waals surface area contributed by atoms with E-state index in [9.17, 15) is 31.1 Å². The predicted octanol–water partition coefficient (Wildman–Crippen LogP) is 2.82. The Bertz CT molecular complexity index is 451. The second-order valence-corrected chi connectivity index (χ2v) is 2.71. The van der Waals surface area contributed by atoms with E-state index in [0.717, 1.165) is 0 Å². The van der Waals surface area contributed by atoms with Crippen LogP contribution in [0.4, 0.5) is 26.3 Å². The molecule has 0 amide bonds. The highest BCUT2D eigenvalue weighted by atomic mass is 19.4. The third-order valence-electron chi connectivity index (χ3n) is 1.68. The summed E-state index contributed by atoms with van der Waals surface area (Å²) >= 11 is 0. The number of halogens is 6. The number of carboxylic acids is 1. The smallest absolute Gasteiger partial charge is 0.420 e. The molecule has 0 saturated carbocycles. The summed E-state index contributed by atoms with van der Waals surface area (Å²) in [5.41, 5.74) is -4.01. The number of hydrogen-bond donors (Lipinski definition) is 1. The molecule has 16 heavy (non-hydrogen) atoms. The van der Waals surface area contributed by atoms with E-state index in [-0.39, 0.29) is 6.07 Å². The summed E-state index contributed by atoms with van der Waals surface area (Å²) in [6, 6.07) is -0.219. The fraction of sp³-hybridized carbons (Fsp3) is 0.125. The normalized spacial score (nSPS) is 11.6. The maximum Gasteiger partial charge on any atom is 0.420 e. The number of rotatable bonds is 1. The molecule has 1 aromatic rings. The van der Waals surface area contributed by atoms with Gasteiger partial charge in [-0.05, 0) is 6.07 Å². The molecule has 0 heterocycles. The average Bonchev–Trinajstić information content (AvgIpc) is 2.10. The van der Waals surface area contributed by atoms with Crippen LogP contribution in [0.3, 0.4) is 0 Å². The molecule has 0 spiro atoms. The van der Waals surface area contributed by atoms with Crippen LogP contribution in [0.25, 0.3) is 0 Å². The lowest BCUT2D eigenvalue weighted by molar-refractivity contribution is -0.140. The van der Waals surface area contributed by atoms with Gasteiger partial charge in [-0.3, -0.25) is 0 Å². The van der Waals surface area contributed by atoms with Crippen molar-refractivity contribution in [3.05, 3.63) is 34.6 Å². The Morgan fingerprint density at radius 1 is 1.12 bits per heavy atom. The van der Waals surface area contributed by atoms with Crippen LogP contribution in [0.2, 0.25) is 0 Å². The summed E-state index contributed by atoms with van der Waals surface area (Å²) in [4.78, 5) is 10.3. The van der Waals surface area contributed by atoms with E-state index in [4.69, 9.17) is 5.11 Å². The number of carbonyl (C=O) groups is 1. The van der Waals surface area contributed by atoms with Crippen LogP contribution < -0.4 is 0 Å². The van der Waals surface area contributed by atoms with Gasteiger partial charge < -0.3 is 5.11 Å². The van der Waals surface area contributed by atoms with Gasteiger partial charge >= 0.3 is 12.1 Å². The third-order valence-corrected chi connectivity index (χ3v) is 1.68. The molecule has 1 N–H and O–H groups in total. The maximum absolute atomic E-state index is 12.8. The fourth-order valence-corrected chi connectivity index (χ4v) is 1.04. The highest BCUT2D eigenvalue weighted by molar-refractivity contribution is 5.89. The maximum atomic E-state index is 12.8. The average molecular weight is 244 g/mol. The van der Waals surface area contributed by atoms with Gasteiger partial charge in [0.05, 0.1) is 5.56 Å². The van der Waals surface area contributed by atoms with E-state index in [0.29, 0.717) is 0 Å². The van der Waals surface area contributed by atoms with E-state index >= 15 is 0 Å². The molecule has 0 atom stereocenters. The van der Waals surface area contributed by atoms with Crippen LogP contribution in [-0.4, -0.2) is 11.1 Å². The minimum Gasteiger partial charge on any atom is -0.478 e. The molecule has 88 valence electrons. The molecular weight excluding hydrogens is 242 g/mol. The van der Waals surface area contributed by atoms with Crippen LogP contribution in [0.15, 0.2) is 6.07 Å². The second-order valence-electron chi connectivity index (χ2n) is 2.71. The fourth-order valence-electron chi connectivity index (χ4n) is 1.04. The van der Waals surface area contributed by atoms with Gasteiger partial charge in [-0.15, -0.1) is 0 Å². The van der Waals surface area contributed by atoms with Crippen molar-refractivity contribution in [2.45, 2.75) is 6.18 Å². The Balaban J connectivity index is 3.68. The number of hydrogen-bond acceptors (Lipinski definition) is 1. The topological polar surface area (TPSA) is 37.3 Å². The van der Waals surface area contributed by atoms with Gasteiger partial charge in [0.15, 0.2) is 17.5 Å². The zero-order valence-corrected chi connectivity index (χ0v) is 7.20. The van der Waals surface area contributed by atoms with Crippen LogP contribution in [0.5, 0.6) is 0 Å². The first-order valence-electron chi connectivity index (χ1n) is 3.64. The van der Waals surface area contributed by atoms with Crippen molar-refractivity contribution < 1.29 is 36.2 Å². The molecule has 0 saturated heterocycles. The molecule has 2 nitrogen and oxygen atoms in total. The molecule has 1 aromatic carbocycles. The van der Waals surface area contributed by atoms with Crippen molar-refractivity contribution in [3.8, 4) is 0 Å². The molecule has 0 radical (unpaired) electrons. The zero-order chi connectivity index (χ0) is 12.7. The summed E-state index contributed by atoms with van der Waals surface area (Å²) in [5.74, 6) is -9.13. The van der Waals surface area contributed by atoms with Crippen molar-refractivity contribution in [1.29, 1.82) is 0 Å². The molecule has 0 bridgehead atoms. The predicted molar refractivity (Wildman–Crippen MR) is 38.3 cm³/mol. The van der Waals surface area contributed by atoms with Gasteiger partial charge in [0, 0.05) is 0 Å². The van der Waals surface area contributed by atoms with Crippen molar-refractivity contribution in [2.24, 2.45) is 0 Å². The Morgan fingerprint density at radius 3 is 2.00 bits per heavy atom. The first kappa shape index (κ1) is 12.3. The molecule has 0 aromatic heterocycles. The van der Waals surface area contributed by atoms with Gasteiger partial charge in [-0.1, -0.05) is 0 Å². The minimum atomic E-state index is -5.42. The second kappa shape index (κ2) is 3.69. The Kier molecular flexibility index (Phi) is 2.85. The molecule has 0 aliphatic rings. The van der Waals surface area contributed by atoms with Crippen molar-refractivity contribution >= 4 is 5.97 Å². The van der Waals surface area contributed by atoms with Crippen LogP contribution in [0.1, 0.15) is 15.9 Å². The van der Waals surface area contributed by atoms with E-state index in [2.05, 4.69) is 0 Å². The molecule has 1 rings (SSSR count). The highest BCUT2D eigenvalue weighted by Crippen LogP contribution is 2.35. The van der Waals surface area contributed by atoms with Crippen molar-refractivity contribution in [2.75, 3.05) is 0 Å². The lowest BCUT2D eigenvalue weighted by Crippen LogP contribution is -2.17. The van der Waals surface area contributed by atoms with Gasteiger partial charge in [-0.2, -0.15) is 13.2 Å². The molecule has 0 unspecified atom stereocenters. The lowest BCUT2D eigenvalue weighted by atomic mass is 10.1. The monoisotopic (exact) mass is 244 g/mol. The Morgan fingerprint density at radius 2 is 1.62 bits per heavy atom. The molecule has 0 fully saturated rings. The first-order valence-corrected chi connectivity index (χ1v) is 3.64. The van der Waals surface area contributed by atoms with Crippen LogP contribution in [-0.2, 0) is 6.18 Å². The Hall–Kier alpha value is -1.73. The minimum absolute atomic E-state index is 0.219. The zero-order valence-electron chi connectivity index (χ0n) is 7.20. The molecule has 0 aliphatic carbocycles. The Labute approximate surface area is 84.1 Å². The van der Waals surface area contributed by atoms with E-state index in [1.807, 2.05) is 0 Å². The summed E-state index contributed by atoms with van der Waals surface area (Å²) in [6.07, 6.45) is -5.42. The van der Waals surface area contributed by atoms with Crippen LogP contribution >= 0.6 is 0 Å². The highest BCUT2D eigenvalue weighted by Gasteiger charge is 2.41. The largest absolute Gasteiger partial charge is 0.478 e. The SMILES string of the molecule is O=C(O)c1cc(F)c(F)c(F)c1C(F)(F)F. The van der Waals surface area contributed by atoms with Crippen LogP contribution in [0, 0.1) is 17.5 Å². The summed E-state index contributed by atoms with van der Waals surface area (Å²) in [6.45, 7) is 0. The van der Waals surface area contributed by atoms with Gasteiger partial charge in [0.2, 0.25) is 0 Å². The van der Waals surface area contributed by atoms with Gasteiger partial charge in [0.25, 0.3) is 0 Å².